The number of nitrogens with zero attached hydrogens (tertiary/aromatic N) is 1. The van der Waals surface area contributed by atoms with Crippen molar-refractivity contribution in [2.45, 2.75) is 23.8 Å². The molecule has 0 aliphatic carbocycles. The smallest absolute Gasteiger partial charge is 0.238 e. The highest BCUT2D eigenvalue weighted by Gasteiger charge is 2.32. The van der Waals surface area contributed by atoms with Crippen molar-refractivity contribution in [1.29, 1.82) is 0 Å². The summed E-state index contributed by atoms with van der Waals surface area (Å²) in [6.07, 6.45) is 2.49. The molecule has 7 heteroatoms. The van der Waals surface area contributed by atoms with E-state index in [1.165, 1.54) is 25.0 Å². The Morgan fingerprint density at radius 2 is 2.05 bits per heavy atom. The molecular weight excluding hydrogens is 302 g/mol. The molecule has 2 aliphatic rings. The van der Waals surface area contributed by atoms with Crippen molar-refractivity contribution in [2.24, 2.45) is 11.1 Å². The molecule has 122 valence electrons. The molecule has 0 aromatic heterocycles. The number of fused-ring (bicyclic) bond motifs is 1. The number of primary sulfonamides is 1. The van der Waals surface area contributed by atoms with Gasteiger partial charge in [-0.1, -0.05) is 0 Å². The van der Waals surface area contributed by atoms with Gasteiger partial charge in [-0.3, -0.25) is 4.90 Å². The maximum absolute atomic E-state index is 11.2. The average molecular weight is 325 g/mol. The summed E-state index contributed by atoms with van der Waals surface area (Å²) in [4.78, 5) is 2.56. The van der Waals surface area contributed by atoms with E-state index in [4.69, 9.17) is 9.88 Å². The van der Waals surface area contributed by atoms with Crippen LogP contribution in [0.4, 0.5) is 0 Å². The van der Waals surface area contributed by atoms with Crippen LogP contribution in [-0.2, 0) is 10.0 Å². The number of hydrogen-bond donors (Lipinski definition) is 2. The number of ether oxygens (including phenoxy) is 1. The van der Waals surface area contributed by atoms with Crippen molar-refractivity contribution in [3.8, 4) is 5.75 Å². The van der Waals surface area contributed by atoms with Gasteiger partial charge in [0.05, 0.1) is 4.90 Å². The highest BCUT2D eigenvalue weighted by molar-refractivity contribution is 7.89. The highest BCUT2D eigenvalue weighted by atomic mass is 32.2. The fourth-order valence-corrected chi connectivity index (χ4v) is 3.86. The maximum atomic E-state index is 11.2. The summed E-state index contributed by atoms with van der Waals surface area (Å²) in [6, 6.07) is 6.95. The molecule has 3 N–H and O–H groups in total. The van der Waals surface area contributed by atoms with Crippen LogP contribution in [0.1, 0.15) is 12.8 Å². The Bertz CT molecular complexity index is 603. The first-order valence-electron chi connectivity index (χ1n) is 7.74. The molecule has 0 amide bonds. The molecule has 3 rings (SSSR count). The Balaban J connectivity index is 1.45. The lowest BCUT2D eigenvalue weighted by Crippen LogP contribution is -2.45. The Morgan fingerprint density at radius 1 is 1.27 bits per heavy atom. The minimum absolute atomic E-state index is 0.107. The number of likely N-dealkylation sites (tertiary alicyclic amines) is 1. The van der Waals surface area contributed by atoms with Gasteiger partial charge in [-0.15, -0.1) is 0 Å². The summed E-state index contributed by atoms with van der Waals surface area (Å²) >= 11 is 0. The third-order valence-electron chi connectivity index (χ3n) is 4.57. The molecular formula is C15H23N3O3S. The van der Waals surface area contributed by atoms with Crippen LogP contribution in [0.3, 0.4) is 0 Å². The van der Waals surface area contributed by atoms with Crippen LogP contribution in [0.15, 0.2) is 29.2 Å². The summed E-state index contributed by atoms with van der Waals surface area (Å²) in [5.74, 6) is 1.45. The largest absolute Gasteiger partial charge is 0.492 e. The van der Waals surface area contributed by atoms with E-state index in [9.17, 15) is 8.42 Å². The zero-order chi connectivity index (χ0) is 15.6. The van der Waals surface area contributed by atoms with Crippen molar-refractivity contribution < 1.29 is 13.2 Å². The van der Waals surface area contributed by atoms with E-state index in [0.29, 0.717) is 18.4 Å². The number of piperidine rings is 1. The number of nitrogens with one attached hydrogen (secondary N) is 1. The number of sulfonamides is 1. The standard InChI is InChI=1S/C15H23N3O3S/c16-22(19,20)14-3-1-13(2-4-14)21-10-9-18-8-6-15-12(11-18)5-7-17-15/h1-4,12,15,17H,5-11H2,(H2,16,19,20). The van der Waals surface area contributed by atoms with Gasteiger partial charge >= 0.3 is 0 Å². The first-order valence-corrected chi connectivity index (χ1v) is 9.28. The van der Waals surface area contributed by atoms with Crippen LogP contribution in [0, 0.1) is 5.92 Å². The SMILES string of the molecule is NS(=O)(=O)c1ccc(OCCN2CCC3NCCC3C2)cc1. The lowest BCUT2D eigenvalue weighted by molar-refractivity contribution is 0.138. The van der Waals surface area contributed by atoms with Crippen molar-refractivity contribution in [1.82, 2.24) is 10.2 Å². The fraction of sp³-hybridized carbons (Fsp3) is 0.600. The minimum Gasteiger partial charge on any atom is -0.492 e. The monoisotopic (exact) mass is 325 g/mol. The van der Waals surface area contributed by atoms with Gasteiger partial charge in [0.2, 0.25) is 10.0 Å². The van der Waals surface area contributed by atoms with Gasteiger partial charge < -0.3 is 10.1 Å². The van der Waals surface area contributed by atoms with E-state index < -0.39 is 10.0 Å². The first-order chi connectivity index (χ1) is 10.5. The minimum atomic E-state index is -3.64. The van der Waals surface area contributed by atoms with E-state index in [1.54, 1.807) is 12.1 Å². The van der Waals surface area contributed by atoms with E-state index in [-0.39, 0.29) is 4.90 Å². The molecule has 2 heterocycles. The van der Waals surface area contributed by atoms with Crippen molar-refractivity contribution in [2.75, 3.05) is 32.8 Å². The van der Waals surface area contributed by atoms with Gasteiger partial charge in [0, 0.05) is 19.1 Å². The second-order valence-corrected chi connectivity index (χ2v) is 7.62. The lowest BCUT2D eigenvalue weighted by atomic mass is 9.93. The number of hydrogen-bond acceptors (Lipinski definition) is 5. The summed E-state index contributed by atoms with van der Waals surface area (Å²) in [6.45, 7) is 4.92. The summed E-state index contributed by atoms with van der Waals surface area (Å²) in [5.41, 5.74) is 0. The molecule has 0 saturated carbocycles. The van der Waals surface area contributed by atoms with Crippen LogP contribution in [-0.4, -0.2) is 52.1 Å². The Morgan fingerprint density at radius 3 is 2.77 bits per heavy atom. The quantitative estimate of drug-likeness (QED) is 0.818. The van der Waals surface area contributed by atoms with Crippen LogP contribution < -0.4 is 15.2 Å². The molecule has 0 spiro atoms. The van der Waals surface area contributed by atoms with Crippen LogP contribution in [0.2, 0.25) is 0 Å². The molecule has 2 saturated heterocycles. The molecule has 6 nitrogen and oxygen atoms in total. The summed E-state index contributed by atoms with van der Waals surface area (Å²) < 4.78 is 28.1. The average Bonchev–Trinajstić information content (AvgIpc) is 2.94. The zero-order valence-corrected chi connectivity index (χ0v) is 13.4. The van der Waals surface area contributed by atoms with Gasteiger partial charge in [0.25, 0.3) is 0 Å². The number of nitrogens with two attached hydrogens (primary N) is 1. The van der Waals surface area contributed by atoms with Gasteiger partial charge in [-0.25, -0.2) is 13.6 Å². The Labute approximate surface area is 131 Å². The Hall–Kier alpha value is -1.15. The fourth-order valence-electron chi connectivity index (χ4n) is 3.34. The van der Waals surface area contributed by atoms with E-state index >= 15 is 0 Å². The van der Waals surface area contributed by atoms with Crippen LogP contribution in [0.5, 0.6) is 5.75 Å². The summed E-state index contributed by atoms with van der Waals surface area (Å²) in [7, 11) is -3.64. The molecule has 0 radical (unpaired) electrons. The van der Waals surface area contributed by atoms with Crippen LogP contribution in [0.25, 0.3) is 0 Å². The van der Waals surface area contributed by atoms with Crippen molar-refractivity contribution >= 4 is 10.0 Å². The molecule has 2 atom stereocenters. The number of benzene rings is 1. The van der Waals surface area contributed by atoms with Gasteiger partial charge in [-0.05, 0) is 56.1 Å². The van der Waals surface area contributed by atoms with E-state index in [1.807, 2.05) is 0 Å². The molecule has 0 bridgehead atoms. The van der Waals surface area contributed by atoms with Crippen LogP contribution >= 0.6 is 0 Å². The predicted octanol–water partition coefficient (Wildman–Crippen LogP) is 0.397. The molecule has 2 fully saturated rings. The second-order valence-electron chi connectivity index (χ2n) is 6.06. The lowest BCUT2D eigenvalue weighted by Gasteiger charge is -2.34. The summed E-state index contributed by atoms with van der Waals surface area (Å²) in [5, 5.41) is 8.63. The third kappa shape index (κ3) is 3.78. The maximum Gasteiger partial charge on any atom is 0.238 e. The molecule has 1 aromatic carbocycles. The number of rotatable bonds is 5. The normalized spacial score (nSPS) is 25.9. The molecule has 22 heavy (non-hydrogen) atoms. The van der Waals surface area contributed by atoms with Gasteiger partial charge in [0.15, 0.2) is 0 Å². The predicted molar refractivity (Wildman–Crippen MR) is 84.3 cm³/mol. The van der Waals surface area contributed by atoms with E-state index in [2.05, 4.69) is 10.2 Å². The first kappa shape index (κ1) is 15.7. The molecule has 1 aromatic rings. The second kappa shape index (κ2) is 6.54. The van der Waals surface area contributed by atoms with Crippen molar-refractivity contribution in [3.63, 3.8) is 0 Å². The third-order valence-corrected chi connectivity index (χ3v) is 5.50. The Kier molecular flexibility index (Phi) is 4.67. The molecule has 2 unspecified atom stereocenters. The van der Waals surface area contributed by atoms with Gasteiger partial charge in [0.1, 0.15) is 12.4 Å². The topological polar surface area (TPSA) is 84.7 Å². The van der Waals surface area contributed by atoms with Gasteiger partial charge in [-0.2, -0.15) is 0 Å². The zero-order valence-electron chi connectivity index (χ0n) is 12.6. The van der Waals surface area contributed by atoms with Crippen molar-refractivity contribution in [3.05, 3.63) is 24.3 Å². The molecule has 2 aliphatic heterocycles. The highest BCUT2D eigenvalue weighted by Crippen LogP contribution is 2.24. The van der Waals surface area contributed by atoms with E-state index in [0.717, 1.165) is 32.1 Å².